The Morgan fingerprint density at radius 1 is 1.50 bits per heavy atom. The molecule has 0 saturated carbocycles. The summed E-state index contributed by atoms with van der Waals surface area (Å²) in [5.41, 5.74) is 4.85. The van der Waals surface area contributed by atoms with Crippen molar-refractivity contribution in [2.45, 2.75) is 0 Å². The van der Waals surface area contributed by atoms with Crippen LogP contribution in [0.4, 0.5) is 11.4 Å². The van der Waals surface area contributed by atoms with Gasteiger partial charge in [0.15, 0.2) is 0 Å². The maximum Gasteiger partial charge on any atom is 0.312 e. The van der Waals surface area contributed by atoms with Crippen LogP contribution in [0.3, 0.4) is 0 Å². The number of rotatable bonds is 1. The minimum absolute atomic E-state index is 0. The number of para-hydroxylation sites is 1. The van der Waals surface area contributed by atoms with Gasteiger partial charge < -0.3 is 10.8 Å². The summed E-state index contributed by atoms with van der Waals surface area (Å²) >= 11 is 0. The van der Waals surface area contributed by atoms with Crippen molar-refractivity contribution >= 4 is 30.2 Å². The molecule has 0 aromatic heterocycles. The minimum atomic E-state index is -0.689. The third-order valence-corrected chi connectivity index (χ3v) is 1.24. The van der Waals surface area contributed by atoms with Crippen LogP contribution < -0.4 is 5.73 Å². The second-order valence-corrected chi connectivity index (χ2v) is 1.97. The van der Waals surface area contributed by atoms with Crippen molar-refractivity contribution in [3.05, 3.63) is 28.3 Å². The van der Waals surface area contributed by atoms with E-state index in [9.17, 15) is 10.1 Å². The number of nitrogen functional groups attached to an aromatic ring is 1. The maximum absolute atomic E-state index is 10.2. The predicted octanol–water partition coefficient (Wildman–Crippen LogP) is 0.502. The largest absolute Gasteiger partial charge is 0.501 e. The SMILES string of the molecule is Nc1cccc([N+](=O)[O-])c1O.[Li]. The predicted molar refractivity (Wildman–Crippen MR) is 44.9 cm³/mol. The first kappa shape index (κ1) is 10.8. The Labute approximate surface area is 80.5 Å². The maximum atomic E-state index is 10.2. The van der Waals surface area contributed by atoms with Crippen molar-refractivity contribution in [3.8, 4) is 5.75 Å². The second kappa shape index (κ2) is 4.00. The van der Waals surface area contributed by atoms with Gasteiger partial charge in [-0.1, -0.05) is 6.07 Å². The van der Waals surface area contributed by atoms with Gasteiger partial charge in [-0.2, -0.15) is 0 Å². The van der Waals surface area contributed by atoms with Crippen molar-refractivity contribution in [1.29, 1.82) is 0 Å². The van der Waals surface area contributed by atoms with Crippen LogP contribution in [0.5, 0.6) is 5.75 Å². The average molecular weight is 161 g/mol. The Morgan fingerprint density at radius 3 is 2.50 bits per heavy atom. The topological polar surface area (TPSA) is 89.4 Å². The van der Waals surface area contributed by atoms with Crippen LogP contribution in [-0.2, 0) is 0 Å². The van der Waals surface area contributed by atoms with Crippen LogP contribution >= 0.6 is 0 Å². The van der Waals surface area contributed by atoms with Gasteiger partial charge in [-0.15, -0.1) is 0 Å². The quantitative estimate of drug-likeness (QED) is 0.206. The van der Waals surface area contributed by atoms with Crippen molar-refractivity contribution in [2.75, 3.05) is 5.73 Å². The Balaban J connectivity index is 0.00000121. The molecular weight excluding hydrogens is 155 g/mol. The number of nitro benzene ring substituents is 1. The van der Waals surface area contributed by atoms with Crippen LogP contribution in [0.1, 0.15) is 0 Å². The average Bonchev–Trinajstić information content (AvgIpc) is 1.94. The molecule has 0 atom stereocenters. The van der Waals surface area contributed by atoms with Gasteiger partial charge in [-0.05, 0) is 6.07 Å². The molecule has 1 rings (SSSR count). The van der Waals surface area contributed by atoms with E-state index in [-0.39, 0.29) is 30.2 Å². The van der Waals surface area contributed by atoms with Crippen molar-refractivity contribution in [1.82, 2.24) is 0 Å². The molecular formula is C6H6LiN2O3. The van der Waals surface area contributed by atoms with Gasteiger partial charge in [0.25, 0.3) is 0 Å². The monoisotopic (exact) mass is 161 g/mol. The Bertz CT molecular complexity index is 303. The molecule has 0 fully saturated rings. The number of benzene rings is 1. The van der Waals surface area contributed by atoms with Gasteiger partial charge in [-0.3, -0.25) is 10.1 Å². The molecule has 0 spiro atoms. The molecule has 1 aromatic carbocycles. The molecule has 6 heteroatoms. The summed E-state index contributed by atoms with van der Waals surface area (Å²) in [6.07, 6.45) is 0. The summed E-state index contributed by atoms with van der Waals surface area (Å²) in [7, 11) is 0. The number of nitrogens with zero attached hydrogens (tertiary/aromatic N) is 1. The van der Waals surface area contributed by atoms with E-state index in [0.29, 0.717) is 0 Å². The normalized spacial score (nSPS) is 8.67. The van der Waals surface area contributed by atoms with E-state index in [1.807, 2.05) is 0 Å². The number of nitrogens with two attached hydrogens (primary N) is 1. The standard InChI is InChI=1S/C6H6N2O3.Li/c7-4-2-1-3-5(6(4)9)8(10)11;/h1-3,9H,7H2;. The van der Waals surface area contributed by atoms with Gasteiger partial charge in [-0.25, -0.2) is 0 Å². The summed E-state index contributed by atoms with van der Waals surface area (Å²) in [5, 5.41) is 19.2. The number of hydrogen-bond acceptors (Lipinski definition) is 4. The molecule has 0 saturated heterocycles. The first-order chi connectivity index (χ1) is 5.13. The van der Waals surface area contributed by atoms with Crippen LogP contribution in [0.25, 0.3) is 0 Å². The number of anilines is 1. The molecule has 0 bridgehead atoms. The molecule has 0 amide bonds. The zero-order valence-corrected chi connectivity index (χ0v) is 6.52. The molecule has 3 N–H and O–H groups in total. The Hall–Kier alpha value is -1.18. The second-order valence-electron chi connectivity index (χ2n) is 1.97. The van der Waals surface area contributed by atoms with Gasteiger partial charge in [0.05, 0.1) is 10.6 Å². The first-order valence-corrected chi connectivity index (χ1v) is 2.85. The van der Waals surface area contributed by atoms with E-state index in [4.69, 9.17) is 10.8 Å². The van der Waals surface area contributed by atoms with Crippen molar-refractivity contribution < 1.29 is 10.0 Å². The summed E-state index contributed by atoms with van der Waals surface area (Å²) in [4.78, 5) is 9.48. The van der Waals surface area contributed by atoms with E-state index < -0.39 is 10.7 Å². The fourth-order valence-electron chi connectivity index (χ4n) is 0.696. The molecule has 0 aliphatic rings. The zero-order valence-electron chi connectivity index (χ0n) is 6.52. The summed E-state index contributed by atoms with van der Waals surface area (Å²) < 4.78 is 0. The van der Waals surface area contributed by atoms with Crippen LogP contribution in [0.15, 0.2) is 18.2 Å². The Morgan fingerprint density at radius 2 is 2.08 bits per heavy atom. The van der Waals surface area contributed by atoms with E-state index in [2.05, 4.69) is 0 Å². The molecule has 1 radical (unpaired) electrons. The third kappa shape index (κ3) is 1.91. The van der Waals surface area contributed by atoms with E-state index in [0.717, 1.165) is 0 Å². The van der Waals surface area contributed by atoms with Gasteiger partial charge in [0.2, 0.25) is 5.75 Å². The fourth-order valence-corrected chi connectivity index (χ4v) is 0.696. The summed E-state index contributed by atoms with van der Waals surface area (Å²) in [6, 6.07) is 3.99. The molecule has 59 valence electrons. The van der Waals surface area contributed by atoms with Crippen molar-refractivity contribution in [2.24, 2.45) is 0 Å². The van der Waals surface area contributed by atoms with Crippen LogP contribution in [0, 0.1) is 10.1 Å². The molecule has 0 aliphatic carbocycles. The van der Waals surface area contributed by atoms with Gasteiger partial charge in [0.1, 0.15) is 0 Å². The number of aromatic hydroxyl groups is 1. The van der Waals surface area contributed by atoms with E-state index >= 15 is 0 Å². The molecule has 12 heavy (non-hydrogen) atoms. The third-order valence-electron chi connectivity index (χ3n) is 1.24. The van der Waals surface area contributed by atoms with Gasteiger partial charge in [0, 0.05) is 24.9 Å². The number of phenolic OH excluding ortho intramolecular Hbond substituents is 1. The van der Waals surface area contributed by atoms with Crippen LogP contribution in [-0.4, -0.2) is 28.9 Å². The smallest absolute Gasteiger partial charge is 0.312 e. The van der Waals surface area contributed by atoms with Crippen molar-refractivity contribution in [3.63, 3.8) is 0 Å². The molecule has 0 aliphatic heterocycles. The first-order valence-electron chi connectivity index (χ1n) is 2.85. The molecule has 1 aromatic rings. The summed E-state index contributed by atoms with van der Waals surface area (Å²) in [6.45, 7) is 0. The molecule has 0 unspecified atom stereocenters. The fraction of sp³-hybridized carbons (Fsp3) is 0. The number of nitro groups is 1. The zero-order chi connectivity index (χ0) is 8.43. The van der Waals surface area contributed by atoms with Gasteiger partial charge >= 0.3 is 5.69 Å². The van der Waals surface area contributed by atoms with Crippen LogP contribution in [0.2, 0.25) is 0 Å². The Kier molecular flexibility index (Phi) is 3.60. The van der Waals surface area contributed by atoms with E-state index in [1.165, 1.54) is 18.2 Å². The summed E-state index contributed by atoms with van der Waals surface area (Å²) in [5.74, 6) is -0.475. The number of phenols is 1. The molecule has 0 heterocycles. The minimum Gasteiger partial charge on any atom is -0.501 e. The molecule has 5 nitrogen and oxygen atoms in total. The number of hydrogen-bond donors (Lipinski definition) is 2. The van der Waals surface area contributed by atoms with E-state index in [1.54, 1.807) is 0 Å².